The predicted octanol–water partition coefficient (Wildman–Crippen LogP) is 6.34. The molecule has 25 heavy (non-hydrogen) atoms. The number of aliphatic imine (C=N–C) groups is 1. The first-order valence-corrected chi connectivity index (χ1v) is 10.8. The van der Waals surface area contributed by atoms with E-state index in [1.807, 2.05) is 6.08 Å². The van der Waals surface area contributed by atoms with Crippen LogP contribution in [-0.2, 0) is 4.79 Å². The molecule has 0 saturated carbocycles. The van der Waals surface area contributed by atoms with Crippen molar-refractivity contribution >= 4 is 6.08 Å². The zero-order valence-corrected chi connectivity index (χ0v) is 16.6. The highest BCUT2D eigenvalue weighted by atomic mass is 16.1. The number of nitrogens with zero attached hydrogens (tertiary/aromatic N) is 1. The average Bonchev–Trinajstić information content (AvgIpc) is 2.63. The van der Waals surface area contributed by atoms with Crippen LogP contribution < -0.4 is 5.32 Å². The van der Waals surface area contributed by atoms with E-state index in [9.17, 15) is 4.79 Å². The minimum atomic E-state index is 0.663. The van der Waals surface area contributed by atoms with Crippen LogP contribution in [0.15, 0.2) is 17.6 Å². The van der Waals surface area contributed by atoms with Crippen LogP contribution in [0.5, 0.6) is 0 Å². The minimum absolute atomic E-state index is 0.663. The molecule has 0 aromatic heterocycles. The molecule has 0 aromatic rings. The fourth-order valence-corrected chi connectivity index (χ4v) is 3.17. The zero-order valence-electron chi connectivity index (χ0n) is 16.6. The van der Waals surface area contributed by atoms with Crippen molar-refractivity contribution in [2.75, 3.05) is 19.6 Å². The van der Waals surface area contributed by atoms with Gasteiger partial charge in [-0.3, -0.25) is 0 Å². The van der Waals surface area contributed by atoms with Gasteiger partial charge < -0.3 is 5.32 Å². The van der Waals surface area contributed by atoms with Gasteiger partial charge in [-0.25, -0.2) is 9.79 Å². The van der Waals surface area contributed by atoms with Crippen molar-refractivity contribution in [3.8, 4) is 0 Å². The number of nitrogens with one attached hydrogen (secondary N) is 1. The summed E-state index contributed by atoms with van der Waals surface area (Å²) >= 11 is 0. The van der Waals surface area contributed by atoms with Crippen LogP contribution in [0.1, 0.15) is 103 Å². The van der Waals surface area contributed by atoms with Crippen molar-refractivity contribution in [1.82, 2.24) is 5.32 Å². The maximum Gasteiger partial charge on any atom is 0.234 e. The molecule has 0 aliphatic heterocycles. The molecule has 0 aliphatic carbocycles. The maximum absolute atomic E-state index is 9.91. The molecule has 3 heteroatoms. The fourth-order valence-electron chi connectivity index (χ4n) is 3.17. The van der Waals surface area contributed by atoms with Crippen molar-refractivity contribution in [1.29, 1.82) is 0 Å². The topological polar surface area (TPSA) is 41.5 Å². The lowest BCUT2D eigenvalue weighted by Crippen LogP contribution is -2.14. The Morgan fingerprint density at radius 1 is 0.680 bits per heavy atom. The monoisotopic (exact) mass is 350 g/mol. The first kappa shape index (κ1) is 24.1. The third kappa shape index (κ3) is 23.1. The molecule has 0 amide bonds. The van der Waals surface area contributed by atoms with Crippen LogP contribution >= 0.6 is 0 Å². The SMILES string of the molecule is C=CCNCCCCCCCCCCCCCCCCCCN=C=O. The van der Waals surface area contributed by atoms with E-state index < -0.39 is 0 Å². The van der Waals surface area contributed by atoms with E-state index in [0.29, 0.717) is 6.54 Å². The molecule has 0 rings (SSSR count). The Labute approximate surface area is 156 Å². The molecule has 0 aromatic carbocycles. The second-order valence-corrected chi connectivity index (χ2v) is 7.12. The quantitative estimate of drug-likeness (QED) is 0.114. The average molecular weight is 351 g/mol. The summed E-state index contributed by atoms with van der Waals surface area (Å²) in [6.45, 7) is 6.45. The van der Waals surface area contributed by atoms with Gasteiger partial charge in [0.25, 0.3) is 0 Å². The van der Waals surface area contributed by atoms with Crippen LogP contribution in [-0.4, -0.2) is 25.7 Å². The molecule has 1 N–H and O–H groups in total. The lowest BCUT2D eigenvalue weighted by Gasteiger charge is -2.04. The van der Waals surface area contributed by atoms with Gasteiger partial charge in [-0.2, -0.15) is 0 Å². The molecule has 146 valence electrons. The molecule has 0 heterocycles. The number of unbranched alkanes of at least 4 members (excludes halogenated alkanes) is 15. The Kier molecular flexibility index (Phi) is 22.2. The van der Waals surface area contributed by atoms with Crippen LogP contribution in [0.25, 0.3) is 0 Å². The lowest BCUT2D eigenvalue weighted by molar-refractivity contribution is 0.525. The van der Waals surface area contributed by atoms with Gasteiger partial charge in [-0.05, 0) is 19.4 Å². The molecule has 0 spiro atoms. The van der Waals surface area contributed by atoms with E-state index in [1.54, 1.807) is 6.08 Å². The Morgan fingerprint density at radius 2 is 1.08 bits per heavy atom. The highest BCUT2D eigenvalue weighted by Crippen LogP contribution is 2.13. The van der Waals surface area contributed by atoms with Crippen LogP contribution in [0, 0.1) is 0 Å². The van der Waals surface area contributed by atoms with Crippen LogP contribution in [0.2, 0.25) is 0 Å². The molecule has 0 unspecified atom stereocenters. The van der Waals surface area contributed by atoms with E-state index in [1.165, 1.54) is 96.3 Å². The smallest absolute Gasteiger partial charge is 0.234 e. The Morgan fingerprint density at radius 3 is 1.48 bits per heavy atom. The molecule has 0 radical (unpaired) electrons. The number of carbonyl (C=O) groups excluding carboxylic acids is 1. The number of hydrogen-bond donors (Lipinski definition) is 1. The molecule has 0 aliphatic rings. The summed E-state index contributed by atoms with van der Waals surface area (Å²) in [6.07, 6.45) is 25.2. The molecular weight excluding hydrogens is 308 g/mol. The number of rotatable bonds is 21. The summed E-state index contributed by atoms with van der Waals surface area (Å²) in [5.41, 5.74) is 0. The van der Waals surface area contributed by atoms with Gasteiger partial charge in [-0.1, -0.05) is 96.0 Å². The summed E-state index contributed by atoms with van der Waals surface area (Å²) in [5.74, 6) is 0. The molecule has 0 saturated heterocycles. The number of hydrogen-bond acceptors (Lipinski definition) is 3. The highest BCUT2D eigenvalue weighted by molar-refractivity contribution is 5.32. The lowest BCUT2D eigenvalue weighted by atomic mass is 10.0. The van der Waals surface area contributed by atoms with Crippen LogP contribution in [0.4, 0.5) is 0 Å². The Balaban J connectivity index is 2.98. The molecule has 0 fully saturated rings. The van der Waals surface area contributed by atoms with Crippen molar-refractivity contribution in [3.63, 3.8) is 0 Å². The van der Waals surface area contributed by atoms with Gasteiger partial charge in [-0.15, -0.1) is 6.58 Å². The van der Waals surface area contributed by atoms with Gasteiger partial charge in [0.2, 0.25) is 6.08 Å². The van der Waals surface area contributed by atoms with E-state index in [4.69, 9.17) is 0 Å². The van der Waals surface area contributed by atoms with E-state index in [-0.39, 0.29) is 0 Å². The summed E-state index contributed by atoms with van der Waals surface area (Å²) in [5, 5.41) is 3.36. The summed E-state index contributed by atoms with van der Waals surface area (Å²) < 4.78 is 0. The van der Waals surface area contributed by atoms with E-state index in [0.717, 1.165) is 19.5 Å². The standard InChI is InChI=1S/C22H42N2O/c1-2-19-23-20-17-15-13-11-9-7-5-3-4-6-8-10-12-14-16-18-21-24-22-25/h2,23H,1,3-21H2. The van der Waals surface area contributed by atoms with Crippen molar-refractivity contribution < 1.29 is 4.79 Å². The number of isocyanates is 1. The van der Waals surface area contributed by atoms with Crippen molar-refractivity contribution in [3.05, 3.63) is 12.7 Å². The minimum Gasteiger partial charge on any atom is -0.313 e. The maximum atomic E-state index is 9.91. The Bertz CT molecular complexity index is 311. The van der Waals surface area contributed by atoms with Gasteiger partial charge in [0.05, 0.1) is 6.54 Å². The van der Waals surface area contributed by atoms with Gasteiger partial charge in [0.15, 0.2) is 0 Å². The van der Waals surface area contributed by atoms with Gasteiger partial charge in [0, 0.05) is 6.54 Å². The zero-order chi connectivity index (χ0) is 18.3. The largest absolute Gasteiger partial charge is 0.313 e. The van der Waals surface area contributed by atoms with Crippen LogP contribution in [0.3, 0.4) is 0 Å². The normalized spacial score (nSPS) is 10.6. The second kappa shape index (κ2) is 23.1. The van der Waals surface area contributed by atoms with Gasteiger partial charge >= 0.3 is 0 Å². The summed E-state index contributed by atoms with van der Waals surface area (Å²) in [4.78, 5) is 13.5. The predicted molar refractivity (Wildman–Crippen MR) is 110 cm³/mol. The Hall–Kier alpha value is -0.920. The summed E-state index contributed by atoms with van der Waals surface area (Å²) in [7, 11) is 0. The first-order valence-electron chi connectivity index (χ1n) is 10.8. The first-order chi connectivity index (χ1) is 12.4. The molecule has 0 bridgehead atoms. The molecule has 3 nitrogen and oxygen atoms in total. The molecule has 0 atom stereocenters. The van der Waals surface area contributed by atoms with Crippen molar-refractivity contribution in [2.45, 2.75) is 103 Å². The third-order valence-electron chi connectivity index (χ3n) is 4.73. The second-order valence-electron chi connectivity index (χ2n) is 7.12. The van der Waals surface area contributed by atoms with Crippen molar-refractivity contribution in [2.24, 2.45) is 4.99 Å². The van der Waals surface area contributed by atoms with E-state index in [2.05, 4.69) is 16.9 Å². The summed E-state index contributed by atoms with van der Waals surface area (Å²) in [6, 6.07) is 0. The highest BCUT2D eigenvalue weighted by Gasteiger charge is 1.95. The third-order valence-corrected chi connectivity index (χ3v) is 4.73. The molecular formula is C22H42N2O. The fraction of sp³-hybridized carbons (Fsp3) is 0.864. The van der Waals surface area contributed by atoms with Gasteiger partial charge in [0.1, 0.15) is 0 Å². The van der Waals surface area contributed by atoms with E-state index >= 15 is 0 Å².